The van der Waals surface area contributed by atoms with E-state index < -0.39 is 0 Å². The summed E-state index contributed by atoms with van der Waals surface area (Å²) in [5.41, 5.74) is 1.33. The topological polar surface area (TPSA) is 26.3 Å². The van der Waals surface area contributed by atoms with E-state index in [2.05, 4.69) is 19.1 Å². The second-order valence-corrected chi connectivity index (χ2v) is 6.09. The molecule has 0 fully saturated rings. The fourth-order valence-corrected chi connectivity index (χ4v) is 2.57. The molecule has 0 radical (unpaired) electrons. The summed E-state index contributed by atoms with van der Waals surface area (Å²) in [5, 5.41) is 0. The number of carbonyl (C=O) groups is 1. The van der Waals surface area contributed by atoms with Crippen molar-refractivity contribution < 1.29 is 9.53 Å². The fourth-order valence-electron chi connectivity index (χ4n) is 2.57. The number of rotatable bonds is 12. The first-order valence-electron chi connectivity index (χ1n) is 9.06. The van der Waals surface area contributed by atoms with E-state index in [9.17, 15) is 4.79 Å². The first kappa shape index (κ1) is 18.7. The Morgan fingerprint density at radius 3 is 2.00 bits per heavy atom. The number of benzene rings is 1. The van der Waals surface area contributed by atoms with Gasteiger partial charge in [-0.3, -0.25) is 4.79 Å². The minimum atomic E-state index is -0.140. The lowest BCUT2D eigenvalue weighted by Gasteiger charge is -2.05. The van der Waals surface area contributed by atoms with Crippen molar-refractivity contribution in [2.45, 2.75) is 84.5 Å². The van der Waals surface area contributed by atoms with Gasteiger partial charge in [-0.05, 0) is 37.0 Å². The van der Waals surface area contributed by atoms with E-state index in [0.717, 1.165) is 12.8 Å². The van der Waals surface area contributed by atoms with Crippen molar-refractivity contribution in [3.8, 4) is 5.75 Å². The zero-order chi connectivity index (χ0) is 16.0. The van der Waals surface area contributed by atoms with Gasteiger partial charge in [-0.15, -0.1) is 0 Å². The van der Waals surface area contributed by atoms with E-state index in [1.807, 2.05) is 19.1 Å². The lowest BCUT2D eigenvalue weighted by atomic mass is 10.0. The van der Waals surface area contributed by atoms with Crippen LogP contribution in [0.4, 0.5) is 0 Å². The molecule has 1 aromatic carbocycles. The predicted octanol–water partition coefficient (Wildman–Crippen LogP) is 6.08. The summed E-state index contributed by atoms with van der Waals surface area (Å²) >= 11 is 0. The van der Waals surface area contributed by atoms with E-state index in [-0.39, 0.29) is 5.97 Å². The maximum atomic E-state index is 11.4. The summed E-state index contributed by atoms with van der Waals surface area (Å²) in [6, 6.07) is 7.98. The molecule has 124 valence electrons. The molecule has 0 unspecified atom stereocenters. The molecule has 0 bridgehead atoms. The number of hydrogen-bond donors (Lipinski definition) is 0. The van der Waals surface area contributed by atoms with Crippen molar-refractivity contribution >= 4 is 5.97 Å². The van der Waals surface area contributed by atoms with E-state index in [1.165, 1.54) is 56.9 Å². The van der Waals surface area contributed by atoms with Crippen LogP contribution in [0, 0.1) is 0 Å². The van der Waals surface area contributed by atoms with E-state index in [4.69, 9.17) is 4.74 Å². The number of carbonyl (C=O) groups excluding carboxylic acids is 1. The highest BCUT2D eigenvalue weighted by molar-refractivity contribution is 5.72. The maximum Gasteiger partial charge on any atom is 0.311 e. The quantitative estimate of drug-likeness (QED) is 0.266. The minimum absolute atomic E-state index is 0.140. The van der Waals surface area contributed by atoms with Gasteiger partial charge in [0.2, 0.25) is 0 Å². The number of aryl methyl sites for hydroxylation is 1. The Kier molecular flexibility index (Phi) is 10.4. The molecule has 1 aromatic rings. The Hall–Kier alpha value is -1.31. The van der Waals surface area contributed by atoms with Gasteiger partial charge in [-0.2, -0.15) is 0 Å². The first-order chi connectivity index (χ1) is 10.8. The summed E-state index contributed by atoms with van der Waals surface area (Å²) in [6.07, 6.45) is 13.2. The third kappa shape index (κ3) is 8.86. The smallest absolute Gasteiger partial charge is 0.311 e. The average Bonchev–Trinajstić information content (AvgIpc) is 2.52. The minimum Gasteiger partial charge on any atom is -0.427 e. The van der Waals surface area contributed by atoms with Gasteiger partial charge in [0.25, 0.3) is 0 Å². The molecule has 0 amide bonds. The van der Waals surface area contributed by atoms with Gasteiger partial charge in [0.05, 0.1) is 0 Å². The highest BCUT2D eigenvalue weighted by atomic mass is 16.5. The first-order valence-corrected chi connectivity index (χ1v) is 9.06. The summed E-state index contributed by atoms with van der Waals surface area (Å²) in [4.78, 5) is 11.4. The molecular formula is C20H32O2. The van der Waals surface area contributed by atoms with Gasteiger partial charge in [0.15, 0.2) is 0 Å². The average molecular weight is 304 g/mol. The van der Waals surface area contributed by atoms with Crippen LogP contribution in [0.5, 0.6) is 5.75 Å². The van der Waals surface area contributed by atoms with Crippen LogP contribution < -0.4 is 4.74 Å². The fraction of sp³-hybridized carbons (Fsp3) is 0.650. The third-order valence-corrected chi connectivity index (χ3v) is 3.93. The van der Waals surface area contributed by atoms with Crippen molar-refractivity contribution in [1.82, 2.24) is 0 Å². The largest absolute Gasteiger partial charge is 0.427 e. The second-order valence-electron chi connectivity index (χ2n) is 6.09. The van der Waals surface area contributed by atoms with Crippen molar-refractivity contribution in [2.24, 2.45) is 0 Å². The van der Waals surface area contributed by atoms with Crippen LogP contribution in [-0.2, 0) is 11.2 Å². The molecule has 1 rings (SSSR count). The molecule has 0 heterocycles. The van der Waals surface area contributed by atoms with Crippen LogP contribution in [0.1, 0.15) is 83.6 Å². The lowest BCUT2D eigenvalue weighted by molar-refractivity contribution is -0.134. The monoisotopic (exact) mass is 304 g/mol. The summed E-state index contributed by atoms with van der Waals surface area (Å²) < 4.78 is 5.26. The van der Waals surface area contributed by atoms with Crippen LogP contribution in [-0.4, -0.2) is 5.97 Å². The molecule has 22 heavy (non-hydrogen) atoms. The van der Waals surface area contributed by atoms with Gasteiger partial charge < -0.3 is 4.74 Å². The van der Waals surface area contributed by atoms with Gasteiger partial charge in [-0.25, -0.2) is 0 Å². The van der Waals surface area contributed by atoms with E-state index >= 15 is 0 Å². The van der Waals surface area contributed by atoms with Crippen LogP contribution in [0.25, 0.3) is 0 Å². The number of esters is 1. The molecule has 0 aliphatic rings. The molecule has 0 aliphatic carbocycles. The maximum absolute atomic E-state index is 11.4. The van der Waals surface area contributed by atoms with Gasteiger partial charge in [-0.1, -0.05) is 70.9 Å². The molecule has 0 atom stereocenters. The zero-order valence-corrected chi connectivity index (χ0v) is 14.4. The normalized spacial score (nSPS) is 10.6. The number of unbranched alkanes of at least 4 members (excludes halogenated alkanes) is 7. The lowest BCUT2D eigenvalue weighted by Crippen LogP contribution is -2.06. The Balaban J connectivity index is 2.12. The van der Waals surface area contributed by atoms with Gasteiger partial charge in [0, 0.05) is 6.42 Å². The molecule has 2 heteroatoms. The molecular weight excluding hydrogens is 272 g/mol. The van der Waals surface area contributed by atoms with Crippen LogP contribution in [0.15, 0.2) is 24.3 Å². The molecule has 0 aliphatic heterocycles. The Bertz CT molecular complexity index is 395. The van der Waals surface area contributed by atoms with E-state index in [1.54, 1.807) is 0 Å². The van der Waals surface area contributed by atoms with Crippen molar-refractivity contribution in [2.75, 3.05) is 0 Å². The van der Waals surface area contributed by atoms with Gasteiger partial charge >= 0.3 is 5.97 Å². The van der Waals surface area contributed by atoms with Crippen LogP contribution >= 0.6 is 0 Å². The van der Waals surface area contributed by atoms with E-state index in [0.29, 0.717) is 12.2 Å². The van der Waals surface area contributed by atoms with Crippen LogP contribution in [0.2, 0.25) is 0 Å². The Labute approximate surface area is 136 Å². The van der Waals surface area contributed by atoms with Crippen LogP contribution in [0.3, 0.4) is 0 Å². The molecule has 0 N–H and O–H groups in total. The predicted molar refractivity (Wildman–Crippen MR) is 93.3 cm³/mol. The Morgan fingerprint density at radius 2 is 1.41 bits per heavy atom. The zero-order valence-electron chi connectivity index (χ0n) is 14.4. The molecule has 0 saturated heterocycles. The van der Waals surface area contributed by atoms with Crippen molar-refractivity contribution in [1.29, 1.82) is 0 Å². The SMILES string of the molecule is CCCCCCCCCCc1ccc(OC(=O)CCC)cc1. The Morgan fingerprint density at radius 1 is 0.818 bits per heavy atom. The highest BCUT2D eigenvalue weighted by Crippen LogP contribution is 2.16. The molecule has 0 spiro atoms. The number of ether oxygens (including phenoxy) is 1. The summed E-state index contributed by atoms with van der Waals surface area (Å²) in [5.74, 6) is 0.524. The summed E-state index contributed by atoms with van der Waals surface area (Å²) in [6.45, 7) is 4.24. The number of hydrogen-bond acceptors (Lipinski definition) is 2. The summed E-state index contributed by atoms with van der Waals surface area (Å²) in [7, 11) is 0. The second kappa shape index (κ2) is 12.3. The van der Waals surface area contributed by atoms with Gasteiger partial charge in [0.1, 0.15) is 5.75 Å². The third-order valence-electron chi connectivity index (χ3n) is 3.93. The van der Waals surface area contributed by atoms with Crippen molar-refractivity contribution in [3.63, 3.8) is 0 Å². The molecule has 0 saturated carbocycles. The standard InChI is InChI=1S/C20H32O2/c1-3-5-6-7-8-9-10-11-13-18-14-16-19(17-15-18)22-20(21)12-4-2/h14-17H,3-13H2,1-2H3. The highest BCUT2D eigenvalue weighted by Gasteiger charge is 2.03. The molecule has 0 aromatic heterocycles. The molecule has 2 nitrogen and oxygen atoms in total. The van der Waals surface area contributed by atoms with Crippen molar-refractivity contribution in [3.05, 3.63) is 29.8 Å².